The molecule has 7 heteroatoms. The Morgan fingerprint density at radius 3 is 3.00 bits per heavy atom. The van der Waals surface area contributed by atoms with Crippen molar-refractivity contribution in [2.45, 2.75) is 38.3 Å². The van der Waals surface area contributed by atoms with Gasteiger partial charge in [0.15, 0.2) is 5.78 Å². The van der Waals surface area contributed by atoms with Gasteiger partial charge in [-0.15, -0.1) is 0 Å². The SMILES string of the molecule is CC(CCNC(=O)c1cccc(Br)c1)CC(=O)N1CCC2OCC(=O)C21. The van der Waals surface area contributed by atoms with Gasteiger partial charge in [-0.25, -0.2) is 0 Å². The van der Waals surface area contributed by atoms with Crippen molar-refractivity contribution in [3.8, 4) is 0 Å². The number of nitrogens with one attached hydrogen (secondary N) is 1. The Hall–Kier alpha value is -1.73. The van der Waals surface area contributed by atoms with Crippen LogP contribution in [0.25, 0.3) is 0 Å². The van der Waals surface area contributed by atoms with Gasteiger partial charge in [-0.2, -0.15) is 0 Å². The summed E-state index contributed by atoms with van der Waals surface area (Å²) in [5.41, 5.74) is 0.603. The van der Waals surface area contributed by atoms with E-state index in [1.54, 1.807) is 17.0 Å². The molecule has 2 fully saturated rings. The molecule has 0 aliphatic carbocycles. The van der Waals surface area contributed by atoms with Crippen molar-refractivity contribution in [2.75, 3.05) is 19.7 Å². The highest BCUT2D eigenvalue weighted by atomic mass is 79.9. The number of benzene rings is 1. The lowest BCUT2D eigenvalue weighted by atomic mass is 10.0. The Morgan fingerprint density at radius 2 is 2.23 bits per heavy atom. The molecule has 3 atom stereocenters. The molecule has 2 amide bonds. The molecule has 0 spiro atoms. The van der Waals surface area contributed by atoms with Gasteiger partial charge in [0.25, 0.3) is 5.91 Å². The Bertz CT molecular complexity index is 709. The molecule has 0 radical (unpaired) electrons. The zero-order valence-corrected chi connectivity index (χ0v) is 16.3. The van der Waals surface area contributed by atoms with Crippen molar-refractivity contribution < 1.29 is 19.1 Å². The van der Waals surface area contributed by atoms with E-state index in [0.29, 0.717) is 31.5 Å². The maximum absolute atomic E-state index is 12.5. The number of carbonyl (C=O) groups excluding carboxylic acids is 3. The maximum Gasteiger partial charge on any atom is 0.251 e. The average molecular weight is 423 g/mol. The fourth-order valence-electron chi connectivity index (χ4n) is 3.56. The van der Waals surface area contributed by atoms with E-state index in [0.717, 1.165) is 10.9 Å². The number of hydrogen-bond donors (Lipinski definition) is 1. The summed E-state index contributed by atoms with van der Waals surface area (Å²) in [7, 11) is 0. The van der Waals surface area contributed by atoms with E-state index < -0.39 is 0 Å². The first-order chi connectivity index (χ1) is 12.5. The molecule has 0 saturated carbocycles. The molecule has 2 aliphatic rings. The number of amides is 2. The summed E-state index contributed by atoms with van der Waals surface area (Å²) >= 11 is 3.35. The number of carbonyl (C=O) groups is 3. The summed E-state index contributed by atoms with van der Waals surface area (Å²) in [4.78, 5) is 38.2. The van der Waals surface area contributed by atoms with Crippen molar-refractivity contribution in [3.63, 3.8) is 0 Å². The summed E-state index contributed by atoms with van der Waals surface area (Å²) in [6.07, 6.45) is 1.70. The lowest BCUT2D eigenvalue weighted by molar-refractivity contribution is -0.137. The van der Waals surface area contributed by atoms with Crippen LogP contribution < -0.4 is 5.32 Å². The van der Waals surface area contributed by atoms with Crippen molar-refractivity contribution in [3.05, 3.63) is 34.3 Å². The third-order valence-electron chi connectivity index (χ3n) is 4.96. The van der Waals surface area contributed by atoms with E-state index in [4.69, 9.17) is 4.74 Å². The number of ether oxygens (including phenoxy) is 1. The second-order valence-electron chi connectivity index (χ2n) is 7.00. The number of halogens is 1. The molecule has 2 saturated heterocycles. The fourth-order valence-corrected chi connectivity index (χ4v) is 3.95. The number of hydrogen-bond acceptors (Lipinski definition) is 4. The Kier molecular flexibility index (Phi) is 6.09. The zero-order chi connectivity index (χ0) is 18.7. The van der Waals surface area contributed by atoms with Gasteiger partial charge in [-0.05, 0) is 37.0 Å². The summed E-state index contributed by atoms with van der Waals surface area (Å²) in [5.74, 6) is 0.0136. The fraction of sp³-hybridized carbons (Fsp3) is 0.526. The Balaban J connectivity index is 1.43. The molecule has 1 aromatic carbocycles. The van der Waals surface area contributed by atoms with Crippen LogP contribution >= 0.6 is 15.9 Å². The minimum Gasteiger partial charge on any atom is -0.368 e. The van der Waals surface area contributed by atoms with Crippen LogP contribution in [0.2, 0.25) is 0 Å². The molecule has 3 unspecified atom stereocenters. The van der Waals surface area contributed by atoms with Gasteiger partial charge in [-0.3, -0.25) is 14.4 Å². The minimum absolute atomic E-state index is 0.00201. The molecule has 140 valence electrons. The molecule has 2 heterocycles. The molecular formula is C19H23BrN2O4. The number of fused-ring (bicyclic) bond motifs is 1. The molecular weight excluding hydrogens is 400 g/mol. The van der Waals surface area contributed by atoms with Gasteiger partial charge < -0.3 is 15.0 Å². The summed E-state index contributed by atoms with van der Waals surface area (Å²) in [6, 6.07) is 6.83. The number of Topliss-reactive ketones (excluding diaryl/α,β-unsaturated/α-hetero) is 1. The van der Waals surface area contributed by atoms with Gasteiger partial charge in [0.2, 0.25) is 5.91 Å². The van der Waals surface area contributed by atoms with Crippen molar-refractivity contribution in [1.29, 1.82) is 0 Å². The lowest BCUT2D eigenvalue weighted by Gasteiger charge is -2.23. The molecule has 26 heavy (non-hydrogen) atoms. The van der Waals surface area contributed by atoms with E-state index >= 15 is 0 Å². The highest BCUT2D eigenvalue weighted by molar-refractivity contribution is 9.10. The van der Waals surface area contributed by atoms with Crippen LogP contribution in [-0.2, 0) is 14.3 Å². The lowest BCUT2D eigenvalue weighted by Crippen LogP contribution is -2.42. The Morgan fingerprint density at radius 1 is 1.42 bits per heavy atom. The third-order valence-corrected chi connectivity index (χ3v) is 5.46. The second kappa shape index (κ2) is 8.31. The number of ketones is 1. The predicted octanol–water partition coefficient (Wildman–Crippen LogP) is 2.16. The molecule has 1 aromatic rings. The smallest absolute Gasteiger partial charge is 0.251 e. The average Bonchev–Trinajstić information content (AvgIpc) is 3.18. The first kappa shape index (κ1) is 19.0. The van der Waals surface area contributed by atoms with Gasteiger partial charge in [0.05, 0.1) is 6.10 Å². The van der Waals surface area contributed by atoms with Crippen molar-refractivity contribution >= 4 is 33.5 Å². The van der Waals surface area contributed by atoms with Gasteiger partial charge in [0, 0.05) is 29.5 Å². The van der Waals surface area contributed by atoms with E-state index in [1.807, 2.05) is 19.1 Å². The minimum atomic E-state index is -0.383. The van der Waals surface area contributed by atoms with Crippen molar-refractivity contribution in [1.82, 2.24) is 10.2 Å². The number of rotatable bonds is 6. The largest absolute Gasteiger partial charge is 0.368 e. The van der Waals surface area contributed by atoms with Crippen LogP contribution in [0.1, 0.15) is 36.5 Å². The molecule has 2 aliphatic heterocycles. The highest BCUT2D eigenvalue weighted by Gasteiger charge is 2.46. The van der Waals surface area contributed by atoms with Crippen LogP contribution in [0, 0.1) is 5.92 Å². The predicted molar refractivity (Wildman–Crippen MR) is 99.7 cm³/mol. The third kappa shape index (κ3) is 4.32. The number of nitrogens with zero attached hydrogens (tertiary/aromatic N) is 1. The standard InChI is InChI=1S/C19H23BrN2O4/c1-12(5-7-21-19(25)13-3-2-4-14(20)10-13)9-17(24)22-8-6-16-18(22)15(23)11-26-16/h2-4,10,12,16,18H,5-9,11H2,1H3,(H,21,25). The zero-order valence-electron chi connectivity index (χ0n) is 14.7. The molecule has 3 rings (SSSR count). The van der Waals surface area contributed by atoms with E-state index in [2.05, 4.69) is 21.2 Å². The first-order valence-electron chi connectivity index (χ1n) is 8.93. The summed E-state index contributed by atoms with van der Waals surface area (Å²) in [5, 5.41) is 2.89. The molecule has 6 nitrogen and oxygen atoms in total. The van der Waals surface area contributed by atoms with Crippen LogP contribution in [0.4, 0.5) is 0 Å². The topological polar surface area (TPSA) is 75.7 Å². The van der Waals surface area contributed by atoms with Gasteiger partial charge >= 0.3 is 0 Å². The summed E-state index contributed by atoms with van der Waals surface area (Å²) in [6.45, 7) is 3.21. The Labute approximate surface area is 161 Å². The first-order valence-corrected chi connectivity index (χ1v) is 9.72. The molecule has 0 bridgehead atoms. The van der Waals surface area contributed by atoms with E-state index in [-0.39, 0.29) is 42.3 Å². The normalized spacial score (nSPS) is 23.0. The van der Waals surface area contributed by atoms with Gasteiger partial charge in [-0.1, -0.05) is 28.9 Å². The van der Waals surface area contributed by atoms with Crippen LogP contribution in [0.15, 0.2) is 28.7 Å². The van der Waals surface area contributed by atoms with E-state index in [9.17, 15) is 14.4 Å². The maximum atomic E-state index is 12.5. The van der Waals surface area contributed by atoms with Crippen molar-refractivity contribution in [2.24, 2.45) is 5.92 Å². The van der Waals surface area contributed by atoms with Gasteiger partial charge in [0.1, 0.15) is 12.6 Å². The highest BCUT2D eigenvalue weighted by Crippen LogP contribution is 2.28. The number of likely N-dealkylation sites (tertiary alicyclic amines) is 1. The molecule has 1 N–H and O–H groups in total. The van der Waals surface area contributed by atoms with E-state index in [1.165, 1.54) is 0 Å². The van der Waals surface area contributed by atoms with Crippen LogP contribution in [0.5, 0.6) is 0 Å². The monoisotopic (exact) mass is 422 g/mol. The summed E-state index contributed by atoms with van der Waals surface area (Å²) < 4.78 is 6.28. The second-order valence-corrected chi connectivity index (χ2v) is 7.92. The van der Waals surface area contributed by atoms with Crippen LogP contribution in [-0.4, -0.2) is 54.3 Å². The van der Waals surface area contributed by atoms with Crippen LogP contribution in [0.3, 0.4) is 0 Å². The quantitative estimate of drug-likeness (QED) is 0.761. The molecule has 0 aromatic heterocycles.